The van der Waals surface area contributed by atoms with E-state index >= 15 is 0 Å². The Kier molecular flexibility index (Phi) is 8.36. The first-order valence-corrected chi connectivity index (χ1v) is 15.7. The summed E-state index contributed by atoms with van der Waals surface area (Å²) in [6.07, 6.45) is 8.24. The van der Waals surface area contributed by atoms with Gasteiger partial charge in [-0.2, -0.15) is 4.31 Å². The molecule has 0 spiro atoms. The monoisotopic (exact) mass is 553 g/mol. The van der Waals surface area contributed by atoms with Gasteiger partial charge in [0.2, 0.25) is 10.0 Å². The zero-order valence-electron chi connectivity index (χ0n) is 21.8. The second kappa shape index (κ2) is 11.4. The highest BCUT2D eigenvalue weighted by molar-refractivity contribution is 7.89. The van der Waals surface area contributed by atoms with Crippen LogP contribution in [0.1, 0.15) is 64.7 Å². The van der Waals surface area contributed by atoms with Crippen molar-refractivity contribution < 1.29 is 22.7 Å². The summed E-state index contributed by atoms with van der Waals surface area (Å²) in [5.74, 6) is 0. The second-order valence-electron chi connectivity index (χ2n) is 11.0. The molecule has 0 N–H and O–H groups in total. The van der Waals surface area contributed by atoms with E-state index in [0.717, 1.165) is 32.4 Å². The molecular weight excluding hydrogens is 514 g/mol. The van der Waals surface area contributed by atoms with Crippen LogP contribution in [0, 0.1) is 0 Å². The van der Waals surface area contributed by atoms with Gasteiger partial charge in [-0.25, -0.2) is 13.2 Å². The average Bonchev–Trinajstić information content (AvgIpc) is 3.70. The van der Waals surface area contributed by atoms with Crippen LogP contribution in [0.2, 0.25) is 5.02 Å². The molecule has 1 amide bonds. The number of hydrogen-bond acceptors (Lipinski definition) is 6. The summed E-state index contributed by atoms with van der Waals surface area (Å²) in [4.78, 5) is 17.9. The molecule has 0 bridgehead atoms. The van der Waals surface area contributed by atoms with E-state index < -0.39 is 21.7 Å². The number of carbonyl (C=O) groups excluding carboxylic acids is 1. The SMILES string of the molecule is CCC[C@@H]1COC[C@H](C2(OC(=O)N3CCC(N4CCCCC4)CC3)CC2)N1S(=O)(=O)c1ccc(Cl)cc1. The normalized spacial score (nSPS) is 27.7. The van der Waals surface area contributed by atoms with Crippen molar-refractivity contribution >= 4 is 27.7 Å². The van der Waals surface area contributed by atoms with Gasteiger partial charge in [0.05, 0.1) is 24.2 Å². The van der Waals surface area contributed by atoms with Crippen LogP contribution in [0.5, 0.6) is 0 Å². The first-order chi connectivity index (χ1) is 17.8. The van der Waals surface area contributed by atoms with E-state index in [9.17, 15) is 13.2 Å². The maximum Gasteiger partial charge on any atom is 0.410 e. The number of nitrogens with zero attached hydrogens (tertiary/aromatic N) is 3. The van der Waals surface area contributed by atoms with Gasteiger partial charge in [0, 0.05) is 30.2 Å². The minimum atomic E-state index is -3.84. The van der Waals surface area contributed by atoms with Crippen LogP contribution in [0.15, 0.2) is 29.2 Å². The number of halogens is 1. The molecule has 1 saturated carbocycles. The first kappa shape index (κ1) is 27.2. The van der Waals surface area contributed by atoms with Gasteiger partial charge < -0.3 is 19.3 Å². The third-order valence-electron chi connectivity index (χ3n) is 8.53. The van der Waals surface area contributed by atoms with E-state index in [4.69, 9.17) is 21.1 Å². The predicted molar refractivity (Wildman–Crippen MR) is 142 cm³/mol. The zero-order valence-corrected chi connectivity index (χ0v) is 23.4. The highest BCUT2D eigenvalue weighted by Gasteiger charge is 2.60. The van der Waals surface area contributed by atoms with Crippen molar-refractivity contribution in [1.82, 2.24) is 14.1 Å². The molecule has 3 heterocycles. The summed E-state index contributed by atoms with van der Waals surface area (Å²) >= 11 is 6.03. The molecule has 4 fully saturated rings. The van der Waals surface area contributed by atoms with E-state index in [-0.39, 0.29) is 23.6 Å². The summed E-state index contributed by atoms with van der Waals surface area (Å²) in [5, 5.41) is 0.485. The topological polar surface area (TPSA) is 79.4 Å². The summed E-state index contributed by atoms with van der Waals surface area (Å²) < 4.78 is 41.5. The summed E-state index contributed by atoms with van der Waals surface area (Å²) in [7, 11) is -3.84. The molecule has 1 aliphatic carbocycles. The molecule has 1 aromatic carbocycles. The Balaban J connectivity index is 1.30. The molecule has 0 unspecified atom stereocenters. The van der Waals surface area contributed by atoms with Crippen molar-refractivity contribution in [3.63, 3.8) is 0 Å². The fourth-order valence-electron chi connectivity index (χ4n) is 6.30. The van der Waals surface area contributed by atoms with Gasteiger partial charge >= 0.3 is 6.09 Å². The summed E-state index contributed by atoms with van der Waals surface area (Å²) in [5.41, 5.74) is -0.841. The smallest absolute Gasteiger partial charge is 0.410 e. The van der Waals surface area contributed by atoms with Crippen LogP contribution < -0.4 is 0 Å². The number of carbonyl (C=O) groups is 1. The van der Waals surface area contributed by atoms with E-state index in [1.54, 1.807) is 28.6 Å². The lowest BCUT2D eigenvalue weighted by Gasteiger charge is -2.44. The van der Waals surface area contributed by atoms with Gasteiger partial charge in [-0.05, 0) is 82.3 Å². The second-order valence-corrected chi connectivity index (χ2v) is 13.3. The lowest BCUT2D eigenvalue weighted by Crippen LogP contribution is -2.61. The minimum absolute atomic E-state index is 0.201. The summed E-state index contributed by atoms with van der Waals surface area (Å²) in [6.45, 7) is 6.29. The Morgan fingerprint density at radius 1 is 1.05 bits per heavy atom. The van der Waals surface area contributed by atoms with Crippen molar-refractivity contribution in [1.29, 1.82) is 0 Å². The van der Waals surface area contributed by atoms with Crippen molar-refractivity contribution in [2.75, 3.05) is 39.4 Å². The molecule has 5 rings (SSSR count). The number of hydrogen-bond donors (Lipinski definition) is 0. The molecule has 206 valence electrons. The summed E-state index contributed by atoms with van der Waals surface area (Å²) in [6, 6.07) is 5.98. The van der Waals surface area contributed by atoms with Crippen LogP contribution in [0.4, 0.5) is 4.79 Å². The predicted octanol–water partition coefficient (Wildman–Crippen LogP) is 4.52. The van der Waals surface area contributed by atoms with Crippen LogP contribution in [-0.4, -0.2) is 91.7 Å². The Hall–Kier alpha value is -1.39. The Bertz CT molecular complexity index is 1030. The maximum absolute atomic E-state index is 13.9. The van der Waals surface area contributed by atoms with Crippen LogP contribution in [-0.2, 0) is 19.5 Å². The molecule has 0 radical (unpaired) electrons. The number of benzene rings is 1. The zero-order chi connectivity index (χ0) is 26.0. The van der Waals surface area contributed by atoms with Gasteiger partial charge in [-0.15, -0.1) is 0 Å². The molecule has 37 heavy (non-hydrogen) atoms. The van der Waals surface area contributed by atoms with Crippen molar-refractivity contribution in [2.24, 2.45) is 0 Å². The largest absolute Gasteiger partial charge is 0.441 e. The number of amides is 1. The van der Waals surface area contributed by atoms with E-state index in [2.05, 4.69) is 4.90 Å². The molecule has 3 aliphatic heterocycles. The minimum Gasteiger partial charge on any atom is -0.441 e. The lowest BCUT2D eigenvalue weighted by atomic mass is 10.0. The molecular formula is C27H40ClN3O5S. The molecule has 3 saturated heterocycles. The van der Waals surface area contributed by atoms with Crippen molar-refractivity contribution in [3.05, 3.63) is 29.3 Å². The third kappa shape index (κ3) is 5.81. The number of likely N-dealkylation sites (tertiary alicyclic amines) is 2. The van der Waals surface area contributed by atoms with E-state index in [0.29, 0.717) is 50.0 Å². The average molecular weight is 554 g/mol. The molecule has 1 aromatic rings. The van der Waals surface area contributed by atoms with E-state index in [1.165, 1.54) is 19.3 Å². The van der Waals surface area contributed by atoms with Crippen LogP contribution >= 0.6 is 11.6 Å². The number of rotatable bonds is 7. The van der Waals surface area contributed by atoms with E-state index in [1.807, 2.05) is 11.8 Å². The van der Waals surface area contributed by atoms with Gasteiger partial charge in [0.1, 0.15) is 5.60 Å². The third-order valence-corrected chi connectivity index (χ3v) is 10.8. The fraction of sp³-hybridized carbons (Fsp3) is 0.741. The molecule has 2 atom stereocenters. The van der Waals surface area contributed by atoms with Gasteiger partial charge in [-0.3, -0.25) is 0 Å². The molecule has 10 heteroatoms. The Labute approximate surface area is 226 Å². The van der Waals surface area contributed by atoms with Crippen LogP contribution in [0.3, 0.4) is 0 Å². The lowest BCUT2D eigenvalue weighted by molar-refractivity contribution is -0.0739. The molecule has 4 aliphatic rings. The highest BCUT2D eigenvalue weighted by atomic mass is 35.5. The van der Waals surface area contributed by atoms with Gasteiger partial charge in [-0.1, -0.05) is 31.4 Å². The van der Waals surface area contributed by atoms with Crippen molar-refractivity contribution in [3.8, 4) is 0 Å². The molecule has 8 nitrogen and oxygen atoms in total. The van der Waals surface area contributed by atoms with Crippen molar-refractivity contribution in [2.45, 2.75) is 93.3 Å². The Morgan fingerprint density at radius 2 is 1.73 bits per heavy atom. The van der Waals surface area contributed by atoms with Crippen LogP contribution in [0.25, 0.3) is 0 Å². The van der Waals surface area contributed by atoms with Gasteiger partial charge in [0.25, 0.3) is 0 Å². The standard InChI is InChI=1S/C27H40ClN3O5S/c1-2-6-23-19-35-20-25(31(23)37(33,34)24-9-7-21(28)8-10-24)27(13-14-27)36-26(32)30-17-11-22(12-18-30)29-15-4-3-5-16-29/h7-10,22-23,25H,2-6,11-20H2,1H3/t23-,25-/m1/s1. The number of sulfonamides is 1. The number of morpholine rings is 1. The van der Waals surface area contributed by atoms with Gasteiger partial charge in [0.15, 0.2) is 0 Å². The first-order valence-electron chi connectivity index (χ1n) is 13.9. The quantitative estimate of drug-likeness (QED) is 0.494. The Morgan fingerprint density at radius 3 is 2.35 bits per heavy atom. The fourth-order valence-corrected chi connectivity index (χ4v) is 8.29. The highest BCUT2D eigenvalue weighted by Crippen LogP contribution is 2.48. The maximum atomic E-state index is 13.9. The molecule has 0 aromatic heterocycles. The number of piperidine rings is 2. The number of ether oxygens (including phenoxy) is 2.